The molecular formula is C28H52O6. The van der Waals surface area contributed by atoms with E-state index < -0.39 is 24.4 Å². The number of hydrogen-bond donors (Lipinski definition) is 3. The fourth-order valence-corrected chi connectivity index (χ4v) is 4.36. The predicted molar refractivity (Wildman–Crippen MR) is 137 cm³/mol. The van der Waals surface area contributed by atoms with Gasteiger partial charge in [-0.2, -0.15) is 0 Å². The molecule has 0 aromatic rings. The summed E-state index contributed by atoms with van der Waals surface area (Å²) in [7, 11) is 0. The lowest BCUT2D eigenvalue weighted by Gasteiger charge is -2.20. The van der Waals surface area contributed by atoms with Crippen LogP contribution in [0, 0.1) is 0 Å². The lowest BCUT2D eigenvalue weighted by Crippen LogP contribution is -2.41. The number of rotatable bonds is 22. The standard InChI is InChI=1S/C28H52O6/c1-2-3-4-5-6-7-8-9-10-11-12-13-14-15-16-17-18-19-20-21-26(31)33-23-25(30)28-27(32)24(29)22-34-28/h9-10,24-25,27-30,32H,2-8,11-23H2,1H3/t24-,25+,27+,28+/m0/s1. The molecule has 6 nitrogen and oxygen atoms in total. The second-order valence-electron chi connectivity index (χ2n) is 9.85. The van der Waals surface area contributed by atoms with Crippen LogP contribution in [0.25, 0.3) is 0 Å². The van der Waals surface area contributed by atoms with Crippen LogP contribution in [0.5, 0.6) is 0 Å². The summed E-state index contributed by atoms with van der Waals surface area (Å²) in [6.07, 6.45) is 22.3. The van der Waals surface area contributed by atoms with Crippen LogP contribution in [0.15, 0.2) is 12.2 Å². The van der Waals surface area contributed by atoms with E-state index in [9.17, 15) is 20.1 Å². The first-order valence-electron chi connectivity index (χ1n) is 14.0. The molecule has 1 aliphatic rings. The van der Waals surface area contributed by atoms with Gasteiger partial charge in [-0.3, -0.25) is 4.79 Å². The second kappa shape index (κ2) is 21.3. The van der Waals surface area contributed by atoms with Crippen molar-refractivity contribution in [3.05, 3.63) is 12.2 Å². The van der Waals surface area contributed by atoms with Gasteiger partial charge >= 0.3 is 5.97 Å². The van der Waals surface area contributed by atoms with Crippen LogP contribution in [0.3, 0.4) is 0 Å². The third-order valence-corrected chi connectivity index (χ3v) is 6.63. The normalized spacial score (nSPS) is 21.4. The summed E-state index contributed by atoms with van der Waals surface area (Å²) in [5.74, 6) is -0.340. The number of carbonyl (C=O) groups is 1. The molecule has 1 saturated heterocycles. The van der Waals surface area contributed by atoms with Crippen molar-refractivity contribution >= 4 is 5.97 Å². The molecule has 0 aromatic carbocycles. The van der Waals surface area contributed by atoms with Crippen molar-refractivity contribution < 1.29 is 29.6 Å². The largest absolute Gasteiger partial charge is 0.463 e. The molecule has 34 heavy (non-hydrogen) atoms. The maximum atomic E-state index is 11.8. The highest BCUT2D eigenvalue weighted by Crippen LogP contribution is 2.18. The first-order valence-corrected chi connectivity index (χ1v) is 14.0. The summed E-state index contributed by atoms with van der Waals surface area (Å²) in [5, 5.41) is 29.1. The van der Waals surface area contributed by atoms with Crippen LogP contribution >= 0.6 is 0 Å². The average molecular weight is 485 g/mol. The number of carbonyl (C=O) groups excluding carboxylic acids is 1. The number of aliphatic hydroxyl groups is 3. The molecule has 200 valence electrons. The van der Waals surface area contributed by atoms with E-state index in [1.54, 1.807) is 0 Å². The van der Waals surface area contributed by atoms with Gasteiger partial charge < -0.3 is 24.8 Å². The van der Waals surface area contributed by atoms with Crippen molar-refractivity contribution in [1.82, 2.24) is 0 Å². The number of hydrogen-bond acceptors (Lipinski definition) is 6. The summed E-state index contributed by atoms with van der Waals surface area (Å²) in [6.45, 7) is 2.02. The van der Waals surface area contributed by atoms with Gasteiger partial charge in [0.25, 0.3) is 0 Å². The van der Waals surface area contributed by atoms with Gasteiger partial charge in [-0.1, -0.05) is 96.1 Å². The molecule has 0 radical (unpaired) electrons. The van der Waals surface area contributed by atoms with Crippen LogP contribution in [-0.2, 0) is 14.3 Å². The average Bonchev–Trinajstić information content (AvgIpc) is 3.17. The van der Waals surface area contributed by atoms with E-state index in [0.717, 1.165) is 19.3 Å². The third-order valence-electron chi connectivity index (χ3n) is 6.63. The Kier molecular flexibility index (Phi) is 19.5. The van der Waals surface area contributed by atoms with Crippen molar-refractivity contribution in [1.29, 1.82) is 0 Å². The molecule has 0 bridgehead atoms. The highest BCUT2D eigenvalue weighted by molar-refractivity contribution is 5.69. The fraction of sp³-hybridized carbons (Fsp3) is 0.893. The molecule has 3 N–H and O–H groups in total. The van der Waals surface area contributed by atoms with Gasteiger partial charge in [0.05, 0.1) is 6.61 Å². The monoisotopic (exact) mass is 484 g/mol. The van der Waals surface area contributed by atoms with E-state index in [4.69, 9.17) is 9.47 Å². The molecular weight excluding hydrogens is 432 g/mol. The predicted octanol–water partition coefficient (Wildman–Crippen LogP) is 5.61. The maximum absolute atomic E-state index is 11.8. The van der Waals surface area contributed by atoms with Gasteiger partial charge in [-0.25, -0.2) is 0 Å². The molecule has 4 atom stereocenters. The Labute approximate surface area is 208 Å². The van der Waals surface area contributed by atoms with Gasteiger partial charge in [0.2, 0.25) is 0 Å². The smallest absolute Gasteiger partial charge is 0.305 e. The molecule has 6 heteroatoms. The Bertz CT molecular complexity index is 509. The lowest BCUT2D eigenvalue weighted by molar-refractivity contribution is -0.151. The number of ether oxygens (including phenoxy) is 2. The molecule has 1 aliphatic heterocycles. The molecule has 0 spiro atoms. The summed E-state index contributed by atoms with van der Waals surface area (Å²) < 4.78 is 10.2. The summed E-state index contributed by atoms with van der Waals surface area (Å²) >= 11 is 0. The minimum Gasteiger partial charge on any atom is -0.463 e. The number of esters is 1. The van der Waals surface area contributed by atoms with Crippen LogP contribution in [-0.4, -0.2) is 58.9 Å². The van der Waals surface area contributed by atoms with Crippen LogP contribution < -0.4 is 0 Å². The lowest BCUT2D eigenvalue weighted by atomic mass is 10.1. The zero-order chi connectivity index (χ0) is 24.9. The van der Waals surface area contributed by atoms with E-state index in [2.05, 4.69) is 19.1 Å². The molecule has 0 aliphatic carbocycles. The summed E-state index contributed by atoms with van der Waals surface area (Å²) in [6, 6.07) is 0. The summed E-state index contributed by atoms with van der Waals surface area (Å²) in [5.41, 5.74) is 0. The Morgan fingerprint density at radius 3 is 1.85 bits per heavy atom. The first kappa shape index (κ1) is 31.1. The van der Waals surface area contributed by atoms with Crippen LogP contribution in [0.1, 0.15) is 122 Å². The Morgan fingerprint density at radius 1 is 0.853 bits per heavy atom. The molecule has 0 unspecified atom stereocenters. The molecule has 1 fully saturated rings. The molecule has 0 saturated carbocycles. The van der Waals surface area contributed by atoms with Gasteiger partial charge in [-0.15, -0.1) is 0 Å². The van der Waals surface area contributed by atoms with Gasteiger partial charge in [0, 0.05) is 6.42 Å². The fourth-order valence-electron chi connectivity index (χ4n) is 4.36. The topological polar surface area (TPSA) is 96.2 Å². The quantitative estimate of drug-likeness (QED) is 0.105. The van der Waals surface area contributed by atoms with Crippen molar-refractivity contribution in [2.45, 2.75) is 147 Å². The van der Waals surface area contributed by atoms with Crippen molar-refractivity contribution in [3.63, 3.8) is 0 Å². The highest BCUT2D eigenvalue weighted by Gasteiger charge is 2.39. The second-order valence-corrected chi connectivity index (χ2v) is 9.85. The maximum Gasteiger partial charge on any atom is 0.305 e. The van der Waals surface area contributed by atoms with Crippen molar-refractivity contribution in [3.8, 4) is 0 Å². The van der Waals surface area contributed by atoms with E-state index in [0.29, 0.717) is 6.42 Å². The summed E-state index contributed by atoms with van der Waals surface area (Å²) in [4.78, 5) is 11.8. The van der Waals surface area contributed by atoms with E-state index >= 15 is 0 Å². The Balaban J connectivity index is 1.80. The minimum absolute atomic E-state index is 0.0203. The Morgan fingerprint density at radius 2 is 1.35 bits per heavy atom. The minimum atomic E-state index is -1.15. The zero-order valence-electron chi connectivity index (χ0n) is 21.7. The van der Waals surface area contributed by atoms with Gasteiger partial charge in [-0.05, 0) is 32.1 Å². The SMILES string of the molecule is CCCCCCCCC=CCCCCCCCCCCCC(=O)OC[C@@H](O)[C@H]1OC[C@H](O)[C@H]1O. The molecule has 0 aromatic heterocycles. The molecule has 1 heterocycles. The van der Waals surface area contributed by atoms with E-state index in [1.165, 1.54) is 89.9 Å². The molecule has 1 rings (SSSR count). The van der Waals surface area contributed by atoms with E-state index in [-0.39, 0.29) is 19.2 Å². The first-order chi connectivity index (χ1) is 16.6. The molecule has 0 amide bonds. The van der Waals surface area contributed by atoms with Crippen LogP contribution in [0.4, 0.5) is 0 Å². The zero-order valence-corrected chi connectivity index (χ0v) is 21.7. The van der Waals surface area contributed by atoms with Gasteiger partial charge in [0.15, 0.2) is 0 Å². The Hall–Kier alpha value is -0.950. The van der Waals surface area contributed by atoms with Crippen LogP contribution in [0.2, 0.25) is 0 Å². The van der Waals surface area contributed by atoms with Crippen molar-refractivity contribution in [2.24, 2.45) is 0 Å². The van der Waals surface area contributed by atoms with E-state index in [1.807, 2.05) is 0 Å². The van der Waals surface area contributed by atoms with Crippen molar-refractivity contribution in [2.75, 3.05) is 13.2 Å². The number of allylic oxidation sites excluding steroid dienone is 2. The third kappa shape index (κ3) is 15.9. The highest BCUT2D eigenvalue weighted by atomic mass is 16.6. The number of unbranched alkanes of at least 4 members (excludes halogenated alkanes) is 15. The van der Waals surface area contributed by atoms with Gasteiger partial charge in [0.1, 0.15) is 31.0 Å². The number of aliphatic hydroxyl groups excluding tert-OH is 3.